The molecule has 0 radical (unpaired) electrons. The van der Waals surface area contributed by atoms with Crippen molar-refractivity contribution in [3.63, 3.8) is 0 Å². The molecule has 3 aromatic rings. The summed E-state index contributed by atoms with van der Waals surface area (Å²) in [6.07, 6.45) is -11.8. The SMILES string of the molecule is Cc1nn(-c2ccccc2)c2c1C(C(F)(F)F)(C(F)(F)F)OC(c1ccc(Cl)c(Cl)c1)=N2. The summed E-state index contributed by atoms with van der Waals surface area (Å²) in [5, 5.41) is 3.88. The Morgan fingerprint density at radius 2 is 1.53 bits per heavy atom. The normalized spacial score (nSPS) is 15.7. The molecule has 1 aliphatic rings. The van der Waals surface area contributed by atoms with E-state index in [1.54, 1.807) is 18.2 Å². The van der Waals surface area contributed by atoms with Crippen LogP contribution in [0.4, 0.5) is 32.2 Å². The summed E-state index contributed by atoms with van der Waals surface area (Å²) in [7, 11) is 0. The molecule has 0 amide bonds. The van der Waals surface area contributed by atoms with Gasteiger partial charge in [0.15, 0.2) is 5.82 Å². The van der Waals surface area contributed by atoms with Crippen LogP contribution in [0, 0.1) is 6.92 Å². The van der Waals surface area contributed by atoms with Gasteiger partial charge in [0.2, 0.25) is 5.90 Å². The van der Waals surface area contributed by atoms with E-state index in [0.717, 1.165) is 23.7 Å². The molecule has 1 aromatic heterocycles. The number of halogens is 8. The minimum Gasteiger partial charge on any atom is -0.446 e. The smallest absolute Gasteiger partial charge is 0.442 e. The van der Waals surface area contributed by atoms with Gasteiger partial charge in [-0.25, -0.2) is 4.68 Å². The van der Waals surface area contributed by atoms with Crippen LogP contribution in [-0.2, 0) is 10.3 Å². The number of benzene rings is 2. The van der Waals surface area contributed by atoms with Gasteiger partial charge in [0.25, 0.3) is 0 Å². The number of aromatic nitrogens is 2. The maximum Gasteiger partial charge on any atom is 0.442 e. The summed E-state index contributed by atoms with van der Waals surface area (Å²) in [5.41, 5.74) is -6.47. The van der Waals surface area contributed by atoms with Crippen molar-refractivity contribution in [2.75, 3.05) is 0 Å². The van der Waals surface area contributed by atoms with Gasteiger partial charge in [0.1, 0.15) is 0 Å². The second-order valence-corrected chi connectivity index (χ2v) is 7.67. The van der Waals surface area contributed by atoms with E-state index in [2.05, 4.69) is 14.8 Å². The summed E-state index contributed by atoms with van der Waals surface area (Å²) >= 11 is 11.7. The van der Waals surface area contributed by atoms with E-state index < -0.39 is 40.9 Å². The average Bonchev–Trinajstić information content (AvgIpc) is 3.05. The quantitative estimate of drug-likeness (QED) is 0.363. The third-order valence-electron chi connectivity index (χ3n) is 4.81. The summed E-state index contributed by atoms with van der Waals surface area (Å²) < 4.78 is 90.9. The molecule has 0 aliphatic carbocycles. The molecule has 0 unspecified atom stereocenters. The van der Waals surface area contributed by atoms with E-state index >= 15 is 0 Å². The lowest BCUT2D eigenvalue weighted by Gasteiger charge is -2.39. The first-order valence-electron chi connectivity index (χ1n) is 8.89. The van der Waals surface area contributed by atoms with Gasteiger partial charge in [-0.05, 0) is 37.3 Å². The Kier molecular flexibility index (Phi) is 5.21. The molecule has 12 heteroatoms. The number of aryl methyl sites for hydroxylation is 1. The highest BCUT2D eigenvalue weighted by Gasteiger charge is 2.77. The molecule has 2 heterocycles. The monoisotopic (exact) mass is 493 g/mol. The number of hydrogen-bond donors (Lipinski definition) is 0. The van der Waals surface area contributed by atoms with Gasteiger partial charge in [-0.1, -0.05) is 41.4 Å². The van der Waals surface area contributed by atoms with Crippen LogP contribution in [0.5, 0.6) is 0 Å². The Bertz CT molecular complexity index is 1200. The Morgan fingerprint density at radius 3 is 2.09 bits per heavy atom. The predicted octanol–water partition coefficient (Wildman–Crippen LogP) is 6.92. The fraction of sp³-hybridized carbons (Fsp3) is 0.200. The highest BCUT2D eigenvalue weighted by atomic mass is 35.5. The Hall–Kier alpha value is -2.72. The van der Waals surface area contributed by atoms with Crippen LogP contribution in [0.3, 0.4) is 0 Å². The van der Waals surface area contributed by atoms with Gasteiger partial charge in [-0.3, -0.25) is 0 Å². The molecule has 4 nitrogen and oxygen atoms in total. The largest absolute Gasteiger partial charge is 0.446 e. The van der Waals surface area contributed by atoms with Gasteiger partial charge in [-0.15, -0.1) is 0 Å². The van der Waals surface area contributed by atoms with Crippen LogP contribution < -0.4 is 0 Å². The first-order valence-corrected chi connectivity index (χ1v) is 9.64. The van der Waals surface area contributed by atoms with Crippen LogP contribution in [0.1, 0.15) is 16.8 Å². The van der Waals surface area contributed by atoms with Crippen molar-refractivity contribution in [2.45, 2.75) is 24.9 Å². The van der Waals surface area contributed by atoms with E-state index in [0.29, 0.717) is 0 Å². The molecule has 0 atom stereocenters. The van der Waals surface area contributed by atoms with Crippen molar-refractivity contribution in [3.8, 4) is 5.69 Å². The summed E-state index contributed by atoms with van der Waals surface area (Å²) in [6, 6.07) is 11.1. The molecular formula is C20H11Cl2F6N3O. The van der Waals surface area contributed by atoms with E-state index in [4.69, 9.17) is 23.2 Å². The van der Waals surface area contributed by atoms with Crippen molar-refractivity contribution < 1.29 is 31.1 Å². The van der Waals surface area contributed by atoms with Crippen LogP contribution in [0.2, 0.25) is 10.0 Å². The van der Waals surface area contributed by atoms with Crippen molar-refractivity contribution in [2.24, 2.45) is 4.99 Å². The standard InChI is InChI=1S/C20H11Cl2F6N3O/c1-10-15-16(31(30-10)12-5-3-2-4-6-12)29-17(11-7-8-13(21)14(22)9-11)32-18(15,19(23,24)25)20(26,27)28/h2-9H,1H3. The zero-order valence-electron chi connectivity index (χ0n) is 15.9. The topological polar surface area (TPSA) is 39.4 Å². The molecule has 0 N–H and O–H groups in total. The zero-order chi connectivity index (χ0) is 23.5. The second kappa shape index (κ2) is 7.41. The Balaban J connectivity index is 2.09. The lowest BCUT2D eigenvalue weighted by Crippen LogP contribution is -2.58. The fourth-order valence-corrected chi connectivity index (χ4v) is 3.71. The molecule has 4 rings (SSSR count). The van der Waals surface area contributed by atoms with Gasteiger partial charge in [0, 0.05) is 5.56 Å². The minimum absolute atomic E-state index is 0.0515. The Labute approximate surface area is 187 Å². The van der Waals surface area contributed by atoms with Crippen molar-refractivity contribution in [1.29, 1.82) is 0 Å². The molecule has 1 aliphatic heterocycles. The number of nitrogens with zero attached hydrogens (tertiary/aromatic N) is 3. The van der Waals surface area contributed by atoms with Gasteiger partial charge in [0.05, 0.1) is 27.0 Å². The lowest BCUT2D eigenvalue weighted by molar-refractivity contribution is -0.370. The molecule has 2 aromatic carbocycles. The highest BCUT2D eigenvalue weighted by Crippen LogP contribution is 2.58. The molecule has 0 saturated heterocycles. The van der Waals surface area contributed by atoms with Gasteiger partial charge < -0.3 is 4.74 Å². The second-order valence-electron chi connectivity index (χ2n) is 6.86. The van der Waals surface area contributed by atoms with Crippen LogP contribution in [0.15, 0.2) is 53.5 Å². The van der Waals surface area contributed by atoms with Crippen LogP contribution in [0.25, 0.3) is 5.69 Å². The number of fused-ring (bicyclic) bond motifs is 1. The number of aliphatic imine (C=N–C) groups is 1. The van der Waals surface area contributed by atoms with E-state index in [-0.39, 0.29) is 21.3 Å². The molecule has 0 bridgehead atoms. The zero-order valence-corrected chi connectivity index (χ0v) is 17.4. The predicted molar refractivity (Wildman–Crippen MR) is 106 cm³/mol. The third kappa shape index (κ3) is 3.32. The maximum atomic E-state index is 14.2. The van der Waals surface area contributed by atoms with Gasteiger partial charge >= 0.3 is 18.0 Å². The van der Waals surface area contributed by atoms with Gasteiger partial charge in [-0.2, -0.15) is 36.4 Å². The molecule has 0 saturated carbocycles. The molecule has 0 fully saturated rings. The first kappa shape index (κ1) is 22.5. The third-order valence-corrected chi connectivity index (χ3v) is 5.55. The number of alkyl halides is 6. The maximum absolute atomic E-state index is 14.2. The van der Waals surface area contributed by atoms with Crippen molar-refractivity contribution in [1.82, 2.24) is 9.78 Å². The molecular weight excluding hydrogens is 483 g/mol. The number of ether oxygens (including phenoxy) is 1. The lowest BCUT2D eigenvalue weighted by atomic mass is 9.90. The van der Waals surface area contributed by atoms with E-state index in [1.165, 1.54) is 18.2 Å². The summed E-state index contributed by atoms with van der Waals surface area (Å²) in [6.45, 7) is 1.04. The first-order chi connectivity index (χ1) is 14.9. The number of rotatable bonds is 2. The number of hydrogen-bond acceptors (Lipinski definition) is 3. The van der Waals surface area contributed by atoms with Crippen molar-refractivity contribution in [3.05, 3.63) is 75.4 Å². The van der Waals surface area contributed by atoms with Crippen molar-refractivity contribution >= 4 is 34.9 Å². The summed E-state index contributed by atoms with van der Waals surface area (Å²) in [4.78, 5) is 4.00. The van der Waals surface area contributed by atoms with Crippen LogP contribution in [-0.4, -0.2) is 28.0 Å². The van der Waals surface area contributed by atoms with E-state index in [1.807, 2.05) is 0 Å². The minimum atomic E-state index is -5.90. The Morgan fingerprint density at radius 1 is 0.906 bits per heavy atom. The molecule has 168 valence electrons. The van der Waals surface area contributed by atoms with Crippen LogP contribution >= 0.6 is 23.2 Å². The fourth-order valence-electron chi connectivity index (χ4n) is 3.41. The molecule has 0 spiro atoms. The number of para-hydroxylation sites is 1. The van der Waals surface area contributed by atoms with E-state index in [9.17, 15) is 26.3 Å². The average molecular weight is 494 g/mol. The molecule has 32 heavy (non-hydrogen) atoms. The summed E-state index contributed by atoms with van der Waals surface area (Å²) in [5.74, 6) is -1.58. The highest BCUT2D eigenvalue weighted by molar-refractivity contribution is 6.42.